The summed E-state index contributed by atoms with van der Waals surface area (Å²) in [7, 11) is 0. The van der Waals surface area contributed by atoms with Crippen LogP contribution in [0.15, 0.2) is 60.9 Å². The molecule has 0 aliphatic carbocycles. The van der Waals surface area contributed by atoms with E-state index >= 15 is 0 Å². The summed E-state index contributed by atoms with van der Waals surface area (Å²) in [4.78, 5) is 4.06. The van der Waals surface area contributed by atoms with E-state index in [2.05, 4.69) is 4.98 Å². The fraction of sp³-hybridized carbons (Fsp3) is 0.118. The van der Waals surface area contributed by atoms with Crippen molar-refractivity contribution in [3.63, 3.8) is 0 Å². The van der Waals surface area contributed by atoms with Crippen LogP contribution in [0.2, 0.25) is 0 Å². The van der Waals surface area contributed by atoms with Crippen molar-refractivity contribution in [2.75, 3.05) is 6.61 Å². The van der Waals surface area contributed by atoms with Crippen LogP contribution in [-0.2, 0) is 6.42 Å². The highest BCUT2D eigenvalue weighted by molar-refractivity contribution is 5.85. The summed E-state index contributed by atoms with van der Waals surface area (Å²) in [5.74, 6) is 0.697. The summed E-state index contributed by atoms with van der Waals surface area (Å²) in [6, 6.07) is 15.4. The zero-order valence-electron chi connectivity index (χ0n) is 11.0. The number of fused-ring (bicyclic) bond motifs is 1. The van der Waals surface area contributed by atoms with Crippen LogP contribution in [-0.4, -0.2) is 16.7 Å². The lowest BCUT2D eigenvalue weighted by atomic mass is 10.1. The fourth-order valence-electron chi connectivity index (χ4n) is 2.15. The number of hydrogen-bond donors (Lipinski definition) is 1. The molecule has 0 amide bonds. The molecular weight excluding hydrogens is 250 g/mol. The minimum absolute atomic E-state index is 0.176. The molecule has 3 rings (SSSR count). The monoisotopic (exact) mass is 265 g/mol. The predicted molar refractivity (Wildman–Crippen MR) is 79.0 cm³/mol. The number of pyridine rings is 1. The second-order valence-corrected chi connectivity index (χ2v) is 4.63. The van der Waals surface area contributed by atoms with Crippen LogP contribution in [0.5, 0.6) is 11.5 Å². The Bertz CT molecular complexity index is 711. The molecule has 0 saturated heterocycles. The van der Waals surface area contributed by atoms with Crippen molar-refractivity contribution in [1.82, 2.24) is 4.98 Å². The average molecular weight is 265 g/mol. The van der Waals surface area contributed by atoms with Crippen LogP contribution in [0.4, 0.5) is 0 Å². The van der Waals surface area contributed by atoms with Gasteiger partial charge in [0, 0.05) is 18.8 Å². The van der Waals surface area contributed by atoms with Crippen LogP contribution in [0.25, 0.3) is 10.8 Å². The van der Waals surface area contributed by atoms with Crippen molar-refractivity contribution in [2.45, 2.75) is 6.42 Å². The molecule has 100 valence electrons. The van der Waals surface area contributed by atoms with Crippen molar-refractivity contribution < 1.29 is 9.84 Å². The fourth-order valence-corrected chi connectivity index (χ4v) is 2.15. The summed E-state index contributed by atoms with van der Waals surface area (Å²) in [5, 5.41) is 12.0. The van der Waals surface area contributed by atoms with Gasteiger partial charge in [0.15, 0.2) is 11.5 Å². The van der Waals surface area contributed by atoms with Gasteiger partial charge in [-0.15, -0.1) is 0 Å². The number of phenols is 1. The molecule has 2 aromatic carbocycles. The maximum Gasteiger partial charge on any atom is 0.161 e. The molecule has 0 saturated carbocycles. The van der Waals surface area contributed by atoms with E-state index < -0.39 is 0 Å². The van der Waals surface area contributed by atoms with E-state index in [1.807, 2.05) is 48.7 Å². The van der Waals surface area contributed by atoms with E-state index in [1.54, 1.807) is 12.3 Å². The lowest BCUT2D eigenvalue weighted by Crippen LogP contribution is -2.01. The minimum atomic E-state index is 0.176. The molecule has 20 heavy (non-hydrogen) atoms. The molecule has 0 unspecified atom stereocenters. The number of rotatable bonds is 4. The summed E-state index contributed by atoms with van der Waals surface area (Å²) >= 11 is 0. The quantitative estimate of drug-likeness (QED) is 0.784. The number of phenolic OH excluding ortho intramolecular Hbond substituents is 1. The Kier molecular flexibility index (Phi) is 3.50. The lowest BCUT2D eigenvalue weighted by Gasteiger charge is -2.09. The molecule has 0 atom stereocenters. The Morgan fingerprint density at radius 2 is 1.80 bits per heavy atom. The van der Waals surface area contributed by atoms with Crippen LogP contribution in [0.3, 0.4) is 0 Å². The van der Waals surface area contributed by atoms with Crippen molar-refractivity contribution in [1.29, 1.82) is 0 Å². The lowest BCUT2D eigenvalue weighted by molar-refractivity contribution is 0.303. The van der Waals surface area contributed by atoms with E-state index in [1.165, 1.54) is 0 Å². The SMILES string of the molecule is Oc1cc2ccccc2cc1OCCc1cccnc1. The second kappa shape index (κ2) is 5.61. The third-order valence-corrected chi connectivity index (χ3v) is 3.20. The van der Waals surface area contributed by atoms with Gasteiger partial charge in [-0.25, -0.2) is 0 Å². The van der Waals surface area contributed by atoms with Crippen molar-refractivity contribution >= 4 is 10.8 Å². The van der Waals surface area contributed by atoms with Crippen LogP contribution in [0.1, 0.15) is 5.56 Å². The standard InChI is InChI=1S/C17H15NO2/c19-16-10-14-5-1-2-6-15(14)11-17(16)20-9-7-13-4-3-8-18-12-13/h1-6,8,10-12,19H,7,9H2. The Hall–Kier alpha value is -2.55. The first-order valence-corrected chi connectivity index (χ1v) is 6.56. The molecule has 1 aromatic heterocycles. The van der Waals surface area contributed by atoms with Gasteiger partial charge in [-0.3, -0.25) is 4.98 Å². The zero-order valence-corrected chi connectivity index (χ0v) is 11.0. The molecule has 0 bridgehead atoms. The summed E-state index contributed by atoms with van der Waals surface area (Å²) in [5.41, 5.74) is 1.12. The van der Waals surface area contributed by atoms with E-state index in [0.717, 1.165) is 22.8 Å². The van der Waals surface area contributed by atoms with Gasteiger partial charge in [-0.05, 0) is 34.5 Å². The van der Waals surface area contributed by atoms with Gasteiger partial charge in [-0.2, -0.15) is 0 Å². The molecule has 3 aromatic rings. The molecule has 0 radical (unpaired) electrons. The van der Waals surface area contributed by atoms with Gasteiger partial charge in [0.1, 0.15) is 0 Å². The number of aromatic hydroxyl groups is 1. The molecule has 0 aliphatic rings. The van der Waals surface area contributed by atoms with E-state index in [9.17, 15) is 5.11 Å². The van der Waals surface area contributed by atoms with Crippen molar-refractivity contribution in [3.05, 3.63) is 66.5 Å². The molecule has 1 N–H and O–H groups in total. The number of aromatic nitrogens is 1. The third-order valence-electron chi connectivity index (χ3n) is 3.20. The normalized spacial score (nSPS) is 10.6. The Balaban J connectivity index is 1.72. The number of ether oxygens (including phenoxy) is 1. The van der Waals surface area contributed by atoms with Crippen molar-refractivity contribution in [2.24, 2.45) is 0 Å². The van der Waals surface area contributed by atoms with Crippen molar-refractivity contribution in [3.8, 4) is 11.5 Å². The molecule has 0 aliphatic heterocycles. The van der Waals surface area contributed by atoms with Gasteiger partial charge >= 0.3 is 0 Å². The van der Waals surface area contributed by atoms with Gasteiger partial charge in [0.2, 0.25) is 0 Å². The Morgan fingerprint density at radius 3 is 2.55 bits per heavy atom. The maximum atomic E-state index is 9.97. The van der Waals surface area contributed by atoms with Crippen LogP contribution < -0.4 is 4.74 Å². The number of nitrogens with zero attached hydrogens (tertiary/aromatic N) is 1. The summed E-state index contributed by atoms with van der Waals surface area (Å²) < 4.78 is 5.67. The topological polar surface area (TPSA) is 42.4 Å². The molecule has 3 heteroatoms. The smallest absolute Gasteiger partial charge is 0.161 e. The molecular formula is C17H15NO2. The summed E-state index contributed by atoms with van der Waals surface area (Å²) in [6.07, 6.45) is 4.34. The third kappa shape index (κ3) is 2.72. The second-order valence-electron chi connectivity index (χ2n) is 4.63. The highest BCUT2D eigenvalue weighted by Crippen LogP contribution is 2.31. The highest BCUT2D eigenvalue weighted by atomic mass is 16.5. The average Bonchev–Trinajstić information content (AvgIpc) is 2.49. The first-order valence-electron chi connectivity index (χ1n) is 6.56. The molecule has 1 heterocycles. The van der Waals surface area contributed by atoms with Gasteiger partial charge in [-0.1, -0.05) is 30.3 Å². The van der Waals surface area contributed by atoms with Gasteiger partial charge < -0.3 is 9.84 Å². The molecule has 0 spiro atoms. The number of hydrogen-bond acceptors (Lipinski definition) is 3. The maximum absolute atomic E-state index is 9.97. The van der Waals surface area contributed by atoms with Gasteiger partial charge in [0.25, 0.3) is 0 Å². The van der Waals surface area contributed by atoms with Crippen LogP contribution >= 0.6 is 0 Å². The number of benzene rings is 2. The molecule has 0 fully saturated rings. The minimum Gasteiger partial charge on any atom is -0.504 e. The van der Waals surface area contributed by atoms with Gasteiger partial charge in [0.05, 0.1) is 6.61 Å². The first-order chi connectivity index (χ1) is 9.83. The van der Waals surface area contributed by atoms with E-state index in [-0.39, 0.29) is 5.75 Å². The predicted octanol–water partition coefficient (Wildman–Crippen LogP) is 3.56. The Labute approximate surface area is 117 Å². The first kappa shape index (κ1) is 12.5. The van der Waals surface area contributed by atoms with E-state index in [0.29, 0.717) is 12.4 Å². The largest absolute Gasteiger partial charge is 0.504 e. The highest BCUT2D eigenvalue weighted by Gasteiger charge is 2.05. The Morgan fingerprint density at radius 1 is 1.00 bits per heavy atom. The summed E-state index contributed by atoms with van der Waals surface area (Å²) in [6.45, 7) is 0.512. The zero-order chi connectivity index (χ0) is 13.8. The molecule has 3 nitrogen and oxygen atoms in total. The van der Waals surface area contributed by atoms with E-state index in [4.69, 9.17) is 4.74 Å². The van der Waals surface area contributed by atoms with Crippen LogP contribution in [0, 0.1) is 0 Å².